The third-order valence-electron chi connectivity index (χ3n) is 4.76. The van der Waals surface area contributed by atoms with Crippen LogP contribution in [0.25, 0.3) is 10.8 Å². The number of ether oxygens (including phenoxy) is 1. The van der Waals surface area contributed by atoms with Gasteiger partial charge in [-0.25, -0.2) is 0 Å². The Labute approximate surface area is 126 Å². The maximum atomic E-state index is 6.06. The summed E-state index contributed by atoms with van der Waals surface area (Å²) in [7, 11) is 3.96. The second-order valence-electron chi connectivity index (χ2n) is 5.97. The van der Waals surface area contributed by atoms with E-state index in [0.717, 1.165) is 18.8 Å². The molecule has 2 unspecified atom stereocenters. The fourth-order valence-corrected chi connectivity index (χ4v) is 3.72. The highest BCUT2D eigenvalue weighted by molar-refractivity contribution is 5.88. The number of methoxy groups -OCH3 is 1. The van der Waals surface area contributed by atoms with Crippen molar-refractivity contribution in [2.24, 2.45) is 11.7 Å². The number of nitrogens with zero attached hydrogens (tertiary/aromatic N) is 1. The molecule has 1 fully saturated rings. The SMILES string of the molecule is COc1ccc2ccccc2c1C1C(CN)CCCN1C. The number of likely N-dealkylation sites (tertiary alicyclic amines) is 1. The van der Waals surface area contributed by atoms with E-state index in [1.54, 1.807) is 7.11 Å². The number of nitrogens with two attached hydrogens (primary N) is 1. The Morgan fingerprint density at radius 1 is 1.24 bits per heavy atom. The lowest BCUT2D eigenvalue weighted by Gasteiger charge is -2.40. The molecule has 3 rings (SSSR count). The molecule has 2 aromatic rings. The maximum absolute atomic E-state index is 6.06. The van der Waals surface area contributed by atoms with Gasteiger partial charge >= 0.3 is 0 Å². The van der Waals surface area contributed by atoms with E-state index < -0.39 is 0 Å². The van der Waals surface area contributed by atoms with Gasteiger partial charge in [-0.1, -0.05) is 30.3 Å². The minimum absolute atomic E-state index is 0.338. The molecule has 1 saturated heterocycles. The lowest BCUT2D eigenvalue weighted by Crippen LogP contribution is -2.39. The molecule has 0 aliphatic carbocycles. The van der Waals surface area contributed by atoms with Gasteiger partial charge in [-0.15, -0.1) is 0 Å². The molecular formula is C18H24N2O. The molecule has 0 spiro atoms. The van der Waals surface area contributed by atoms with E-state index in [2.05, 4.69) is 48.3 Å². The van der Waals surface area contributed by atoms with Gasteiger partial charge in [-0.2, -0.15) is 0 Å². The van der Waals surface area contributed by atoms with Gasteiger partial charge in [0.15, 0.2) is 0 Å². The second-order valence-corrected chi connectivity index (χ2v) is 5.97. The zero-order valence-electron chi connectivity index (χ0n) is 12.9. The first-order valence-electron chi connectivity index (χ1n) is 7.72. The molecule has 1 aliphatic heterocycles. The van der Waals surface area contributed by atoms with Crippen molar-refractivity contribution in [1.82, 2.24) is 4.90 Å². The van der Waals surface area contributed by atoms with E-state index in [-0.39, 0.29) is 0 Å². The van der Waals surface area contributed by atoms with E-state index in [1.807, 2.05) is 0 Å². The van der Waals surface area contributed by atoms with Crippen LogP contribution in [0, 0.1) is 5.92 Å². The van der Waals surface area contributed by atoms with E-state index >= 15 is 0 Å². The van der Waals surface area contributed by atoms with E-state index in [4.69, 9.17) is 10.5 Å². The Hall–Kier alpha value is -1.58. The molecule has 112 valence electrons. The molecule has 0 radical (unpaired) electrons. The summed E-state index contributed by atoms with van der Waals surface area (Å²) in [6, 6.07) is 13.1. The van der Waals surface area contributed by atoms with Crippen molar-refractivity contribution in [3.63, 3.8) is 0 Å². The molecule has 1 heterocycles. The van der Waals surface area contributed by atoms with Crippen molar-refractivity contribution in [3.05, 3.63) is 42.0 Å². The minimum Gasteiger partial charge on any atom is -0.496 e. The molecule has 2 aromatic carbocycles. The Morgan fingerprint density at radius 3 is 2.81 bits per heavy atom. The third-order valence-corrected chi connectivity index (χ3v) is 4.76. The minimum atomic E-state index is 0.338. The molecule has 0 amide bonds. The number of hydrogen-bond acceptors (Lipinski definition) is 3. The first-order valence-corrected chi connectivity index (χ1v) is 7.72. The van der Waals surface area contributed by atoms with Crippen LogP contribution in [0.2, 0.25) is 0 Å². The molecule has 0 saturated carbocycles. The van der Waals surface area contributed by atoms with E-state index in [1.165, 1.54) is 29.2 Å². The van der Waals surface area contributed by atoms with Crippen molar-refractivity contribution in [2.75, 3.05) is 27.2 Å². The van der Waals surface area contributed by atoms with Crippen molar-refractivity contribution in [2.45, 2.75) is 18.9 Å². The van der Waals surface area contributed by atoms with Gasteiger partial charge in [0, 0.05) is 11.6 Å². The first kappa shape index (κ1) is 14.4. The molecule has 1 aliphatic rings. The lowest BCUT2D eigenvalue weighted by molar-refractivity contribution is 0.124. The molecule has 2 N–H and O–H groups in total. The normalized spacial score (nSPS) is 23.4. The van der Waals surface area contributed by atoms with Gasteiger partial charge < -0.3 is 10.5 Å². The fourth-order valence-electron chi connectivity index (χ4n) is 3.72. The number of rotatable bonds is 3. The second kappa shape index (κ2) is 6.04. The smallest absolute Gasteiger partial charge is 0.124 e. The van der Waals surface area contributed by atoms with Gasteiger partial charge in [0.25, 0.3) is 0 Å². The lowest BCUT2D eigenvalue weighted by atomic mass is 9.82. The predicted octanol–water partition coefficient (Wildman–Crippen LogP) is 3.19. The van der Waals surface area contributed by atoms with Crippen LogP contribution in [0.1, 0.15) is 24.4 Å². The summed E-state index contributed by atoms with van der Waals surface area (Å²) in [6.45, 7) is 1.84. The highest BCUT2D eigenvalue weighted by Crippen LogP contribution is 2.42. The van der Waals surface area contributed by atoms with Crippen LogP contribution < -0.4 is 10.5 Å². The van der Waals surface area contributed by atoms with Crippen molar-refractivity contribution < 1.29 is 4.74 Å². The van der Waals surface area contributed by atoms with Gasteiger partial charge in [-0.3, -0.25) is 4.90 Å². The van der Waals surface area contributed by atoms with Crippen LogP contribution in [-0.2, 0) is 0 Å². The molecular weight excluding hydrogens is 260 g/mol. The van der Waals surface area contributed by atoms with Crippen molar-refractivity contribution in [3.8, 4) is 5.75 Å². The van der Waals surface area contributed by atoms with Crippen LogP contribution in [0.5, 0.6) is 5.75 Å². The number of piperidine rings is 1. The molecule has 0 bridgehead atoms. The number of benzene rings is 2. The average Bonchev–Trinajstić information content (AvgIpc) is 2.53. The molecule has 21 heavy (non-hydrogen) atoms. The molecule has 0 aromatic heterocycles. The van der Waals surface area contributed by atoms with Gasteiger partial charge in [0.2, 0.25) is 0 Å². The Balaban J connectivity index is 2.20. The third kappa shape index (κ3) is 2.52. The van der Waals surface area contributed by atoms with E-state index in [9.17, 15) is 0 Å². The largest absolute Gasteiger partial charge is 0.496 e. The van der Waals surface area contributed by atoms with Crippen molar-refractivity contribution in [1.29, 1.82) is 0 Å². The summed E-state index contributed by atoms with van der Waals surface area (Å²) in [4.78, 5) is 2.44. The highest BCUT2D eigenvalue weighted by atomic mass is 16.5. The Kier molecular flexibility index (Phi) is 4.13. The number of hydrogen-bond donors (Lipinski definition) is 1. The topological polar surface area (TPSA) is 38.5 Å². The molecule has 3 nitrogen and oxygen atoms in total. The monoisotopic (exact) mass is 284 g/mol. The highest BCUT2D eigenvalue weighted by Gasteiger charge is 2.32. The first-order chi connectivity index (χ1) is 10.3. The van der Waals surface area contributed by atoms with Crippen LogP contribution in [0.15, 0.2) is 36.4 Å². The fraction of sp³-hybridized carbons (Fsp3) is 0.444. The van der Waals surface area contributed by atoms with Gasteiger partial charge in [0.1, 0.15) is 5.75 Å². The van der Waals surface area contributed by atoms with Crippen LogP contribution >= 0.6 is 0 Å². The Morgan fingerprint density at radius 2 is 2.05 bits per heavy atom. The average molecular weight is 284 g/mol. The van der Waals surface area contributed by atoms with Crippen molar-refractivity contribution >= 4 is 10.8 Å². The number of fused-ring (bicyclic) bond motifs is 1. The van der Waals surface area contributed by atoms with E-state index in [0.29, 0.717) is 12.0 Å². The predicted molar refractivity (Wildman–Crippen MR) is 87.6 cm³/mol. The van der Waals surface area contributed by atoms with Crippen LogP contribution in [0.4, 0.5) is 0 Å². The van der Waals surface area contributed by atoms with Gasteiger partial charge in [0.05, 0.1) is 7.11 Å². The molecule has 2 atom stereocenters. The zero-order chi connectivity index (χ0) is 14.8. The Bertz CT molecular complexity index is 626. The standard InChI is InChI=1S/C18H24N2O/c1-20-11-5-7-14(12-19)18(20)17-15-8-4-3-6-13(15)9-10-16(17)21-2/h3-4,6,8-10,14,18H,5,7,11-12,19H2,1-2H3. The quantitative estimate of drug-likeness (QED) is 0.940. The summed E-state index contributed by atoms with van der Waals surface area (Å²) >= 11 is 0. The summed E-state index contributed by atoms with van der Waals surface area (Å²) in [5, 5.41) is 2.55. The summed E-state index contributed by atoms with van der Waals surface area (Å²) in [6.07, 6.45) is 2.42. The summed E-state index contributed by atoms with van der Waals surface area (Å²) in [5.41, 5.74) is 7.36. The van der Waals surface area contributed by atoms with Gasteiger partial charge in [-0.05, 0) is 55.7 Å². The summed E-state index contributed by atoms with van der Waals surface area (Å²) in [5.74, 6) is 1.47. The molecule has 3 heteroatoms. The van der Waals surface area contributed by atoms with Crippen LogP contribution in [0.3, 0.4) is 0 Å². The van der Waals surface area contributed by atoms with Crippen LogP contribution in [-0.4, -0.2) is 32.1 Å². The maximum Gasteiger partial charge on any atom is 0.124 e. The zero-order valence-corrected chi connectivity index (χ0v) is 12.9. The summed E-state index contributed by atoms with van der Waals surface area (Å²) < 4.78 is 5.68.